The second-order valence-corrected chi connectivity index (χ2v) is 9.51. The fraction of sp³-hybridized carbons (Fsp3) is 0.258. The SMILES string of the molecule is COc1cc(NC(=O)C(C)OC(=O)c2c3c(nc4ccccc24)CCN(Cc2ccccc2)C3)cc(OC)c1. The van der Waals surface area contributed by atoms with Crippen molar-refractivity contribution in [1.29, 1.82) is 0 Å². The van der Waals surface area contributed by atoms with Crippen LogP contribution in [0.15, 0.2) is 72.8 Å². The zero-order valence-corrected chi connectivity index (χ0v) is 22.3. The van der Waals surface area contributed by atoms with Crippen molar-refractivity contribution in [1.82, 2.24) is 9.88 Å². The van der Waals surface area contributed by atoms with Crippen molar-refractivity contribution in [3.63, 3.8) is 0 Å². The maximum absolute atomic E-state index is 13.7. The van der Waals surface area contributed by atoms with E-state index in [0.717, 1.165) is 36.3 Å². The van der Waals surface area contributed by atoms with E-state index in [2.05, 4.69) is 22.3 Å². The van der Waals surface area contributed by atoms with Crippen molar-refractivity contribution in [3.8, 4) is 11.5 Å². The van der Waals surface area contributed by atoms with Gasteiger partial charge in [-0.1, -0.05) is 48.5 Å². The summed E-state index contributed by atoms with van der Waals surface area (Å²) < 4.78 is 16.3. The van der Waals surface area contributed by atoms with Crippen molar-refractivity contribution in [2.75, 3.05) is 26.1 Å². The summed E-state index contributed by atoms with van der Waals surface area (Å²) in [6, 6.07) is 22.9. The number of esters is 1. The molecular formula is C31H31N3O5. The van der Waals surface area contributed by atoms with Gasteiger partial charge in [-0.3, -0.25) is 14.7 Å². The number of anilines is 1. The summed E-state index contributed by atoms with van der Waals surface area (Å²) in [6.07, 6.45) is -0.317. The maximum Gasteiger partial charge on any atom is 0.339 e. The van der Waals surface area contributed by atoms with Gasteiger partial charge in [0.2, 0.25) is 0 Å². The largest absolute Gasteiger partial charge is 0.497 e. The number of carbonyl (C=O) groups is 2. The number of ether oxygens (including phenoxy) is 3. The summed E-state index contributed by atoms with van der Waals surface area (Å²) in [4.78, 5) is 33.8. The molecule has 0 bridgehead atoms. The third-order valence-electron chi connectivity index (χ3n) is 6.85. The van der Waals surface area contributed by atoms with Crippen molar-refractivity contribution < 1.29 is 23.8 Å². The van der Waals surface area contributed by atoms with Gasteiger partial charge in [0.05, 0.1) is 25.3 Å². The molecule has 1 atom stereocenters. The molecule has 5 rings (SSSR count). The number of para-hydroxylation sites is 1. The van der Waals surface area contributed by atoms with Crippen molar-refractivity contribution in [2.24, 2.45) is 0 Å². The number of aromatic nitrogens is 1. The van der Waals surface area contributed by atoms with Crippen LogP contribution in [-0.2, 0) is 29.0 Å². The van der Waals surface area contributed by atoms with Gasteiger partial charge < -0.3 is 19.5 Å². The topological polar surface area (TPSA) is 90.0 Å². The average Bonchev–Trinajstić information content (AvgIpc) is 2.96. The van der Waals surface area contributed by atoms with E-state index in [1.807, 2.05) is 42.5 Å². The minimum Gasteiger partial charge on any atom is -0.497 e. The predicted octanol–water partition coefficient (Wildman–Crippen LogP) is 4.99. The Morgan fingerprint density at radius 2 is 1.67 bits per heavy atom. The standard InChI is InChI=1S/C31H31N3O5/c1-20(30(35)32-22-15-23(37-2)17-24(16-22)38-3)39-31(36)29-25-11-7-8-12-27(25)33-28-13-14-34(19-26(28)29)18-21-9-5-4-6-10-21/h4-12,15-17,20H,13-14,18-19H2,1-3H3,(H,32,35). The molecule has 0 saturated carbocycles. The molecule has 0 radical (unpaired) electrons. The van der Waals surface area contributed by atoms with Crippen LogP contribution in [0.5, 0.6) is 11.5 Å². The van der Waals surface area contributed by atoms with E-state index in [-0.39, 0.29) is 0 Å². The van der Waals surface area contributed by atoms with Gasteiger partial charge in [-0.25, -0.2) is 4.79 Å². The average molecular weight is 526 g/mol. The molecule has 1 aromatic heterocycles. The molecule has 0 aliphatic carbocycles. The van der Waals surface area contributed by atoms with Crippen LogP contribution in [0.2, 0.25) is 0 Å². The molecule has 1 aliphatic heterocycles. The van der Waals surface area contributed by atoms with Crippen LogP contribution in [0.25, 0.3) is 10.9 Å². The van der Waals surface area contributed by atoms with Crippen LogP contribution in [0, 0.1) is 0 Å². The normalized spacial score (nSPS) is 13.8. The highest BCUT2D eigenvalue weighted by Crippen LogP contribution is 2.30. The Hall–Kier alpha value is -4.43. The van der Waals surface area contributed by atoms with Gasteiger partial charge in [0, 0.05) is 66.6 Å². The van der Waals surface area contributed by atoms with Gasteiger partial charge in [-0.05, 0) is 18.6 Å². The van der Waals surface area contributed by atoms with Gasteiger partial charge in [0.25, 0.3) is 5.91 Å². The quantitative estimate of drug-likeness (QED) is 0.324. The number of fused-ring (bicyclic) bond motifs is 2. The summed E-state index contributed by atoms with van der Waals surface area (Å²) in [6.45, 7) is 3.73. The monoisotopic (exact) mass is 525 g/mol. The molecule has 1 unspecified atom stereocenters. The zero-order chi connectivity index (χ0) is 27.4. The summed E-state index contributed by atoms with van der Waals surface area (Å²) in [5, 5.41) is 3.50. The Kier molecular flexibility index (Phi) is 7.74. The summed E-state index contributed by atoms with van der Waals surface area (Å²) >= 11 is 0. The third-order valence-corrected chi connectivity index (χ3v) is 6.85. The zero-order valence-electron chi connectivity index (χ0n) is 22.3. The fourth-order valence-electron chi connectivity index (χ4n) is 4.85. The van der Waals surface area contributed by atoms with E-state index >= 15 is 0 Å². The van der Waals surface area contributed by atoms with Gasteiger partial charge in [0.1, 0.15) is 11.5 Å². The molecule has 4 aromatic rings. The Labute approximate surface area is 227 Å². The first-order valence-corrected chi connectivity index (χ1v) is 12.9. The highest BCUT2D eigenvalue weighted by Gasteiger charge is 2.29. The van der Waals surface area contributed by atoms with Crippen LogP contribution >= 0.6 is 0 Å². The number of rotatable bonds is 8. The van der Waals surface area contributed by atoms with E-state index in [1.165, 1.54) is 19.8 Å². The number of carbonyl (C=O) groups excluding carboxylic acids is 2. The highest BCUT2D eigenvalue weighted by molar-refractivity contribution is 6.06. The van der Waals surface area contributed by atoms with Gasteiger partial charge in [-0.2, -0.15) is 0 Å². The summed E-state index contributed by atoms with van der Waals surface area (Å²) in [5.41, 5.74) is 4.63. The van der Waals surface area contributed by atoms with E-state index in [4.69, 9.17) is 19.2 Å². The first-order valence-electron chi connectivity index (χ1n) is 12.9. The molecule has 8 heteroatoms. The maximum atomic E-state index is 13.7. The Balaban J connectivity index is 1.39. The minimum absolute atomic E-state index is 0.461. The molecule has 1 aliphatic rings. The molecule has 3 aromatic carbocycles. The first kappa shape index (κ1) is 26.2. The lowest BCUT2D eigenvalue weighted by Crippen LogP contribution is -2.34. The second-order valence-electron chi connectivity index (χ2n) is 9.51. The number of amides is 1. The lowest BCUT2D eigenvalue weighted by Gasteiger charge is -2.30. The number of benzene rings is 3. The Bertz CT molecular complexity index is 1480. The molecule has 8 nitrogen and oxygen atoms in total. The number of pyridine rings is 1. The van der Waals surface area contributed by atoms with Crippen LogP contribution in [0.1, 0.15) is 34.1 Å². The van der Waals surface area contributed by atoms with Gasteiger partial charge in [0.15, 0.2) is 6.10 Å². The minimum atomic E-state index is -1.04. The molecule has 39 heavy (non-hydrogen) atoms. The number of nitrogens with zero attached hydrogens (tertiary/aromatic N) is 2. The number of hydrogen-bond donors (Lipinski definition) is 1. The second kappa shape index (κ2) is 11.5. The fourth-order valence-corrected chi connectivity index (χ4v) is 4.85. The van der Waals surface area contributed by atoms with Crippen LogP contribution < -0.4 is 14.8 Å². The van der Waals surface area contributed by atoms with Crippen LogP contribution in [0.4, 0.5) is 5.69 Å². The molecular weight excluding hydrogens is 494 g/mol. The van der Waals surface area contributed by atoms with E-state index in [0.29, 0.717) is 34.7 Å². The van der Waals surface area contributed by atoms with Crippen molar-refractivity contribution >= 4 is 28.5 Å². The predicted molar refractivity (Wildman–Crippen MR) is 149 cm³/mol. The number of methoxy groups -OCH3 is 2. The number of hydrogen-bond acceptors (Lipinski definition) is 7. The highest BCUT2D eigenvalue weighted by atomic mass is 16.5. The third kappa shape index (κ3) is 5.86. The molecule has 1 N–H and O–H groups in total. The van der Waals surface area contributed by atoms with E-state index in [9.17, 15) is 9.59 Å². The lowest BCUT2D eigenvalue weighted by atomic mass is 9.95. The smallest absolute Gasteiger partial charge is 0.339 e. The molecule has 1 amide bonds. The van der Waals surface area contributed by atoms with Crippen LogP contribution in [-0.4, -0.2) is 48.6 Å². The Morgan fingerprint density at radius 3 is 2.38 bits per heavy atom. The van der Waals surface area contributed by atoms with Gasteiger partial charge in [-0.15, -0.1) is 0 Å². The van der Waals surface area contributed by atoms with E-state index < -0.39 is 18.0 Å². The van der Waals surface area contributed by atoms with E-state index in [1.54, 1.807) is 25.1 Å². The first-order chi connectivity index (χ1) is 18.9. The summed E-state index contributed by atoms with van der Waals surface area (Å²) in [7, 11) is 3.07. The van der Waals surface area contributed by atoms with Crippen LogP contribution in [0.3, 0.4) is 0 Å². The molecule has 0 spiro atoms. The molecule has 2 heterocycles. The number of nitrogens with one attached hydrogen (secondary N) is 1. The van der Waals surface area contributed by atoms with Gasteiger partial charge >= 0.3 is 5.97 Å². The Morgan fingerprint density at radius 1 is 0.974 bits per heavy atom. The lowest BCUT2D eigenvalue weighted by molar-refractivity contribution is -0.123. The van der Waals surface area contributed by atoms with Crippen molar-refractivity contribution in [2.45, 2.75) is 32.5 Å². The molecule has 0 saturated heterocycles. The van der Waals surface area contributed by atoms with Crippen molar-refractivity contribution in [3.05, 3.63) is 95.2 Å². The summed E-state index contributed by atoms with van der Waals surface area (Å²) in [5.74, 6) is 0.0577. The molecule has 200 valence electrons. The molecule has 0 fully saturated rings.